The van der Waals surface area contributed by atoms with Crippen molar-refractivity contribution in [2.24, 2.45) is 0 Å². The molecule has 2 aromatic carbocycles. The maximum absolute atomic E-state index is 13.3. The number of carbonyl (C=O) groups excluding carboxylic acids is 1. The molecule has 0 spiro atoms. The van der Waals surface area contributed by atoms with E-state index in [2.05, 4.69) is 10.6 Å². The molecule has 19 heavy (non-hydrogen) atoms. The van der Waals surface area contributed by atoms with Crippen LogP contribution < -0.4 is 10.6 Å². The zero-order chi connectivity index (χ0) is 13.8. The van der Waals surface area contributed by atoms with Gasteiger partial charge in [-0.3, -0.25) is 0 Å². The van der Waals surface area contributed by atoms with Gasteiger partial charge in [-0.1, -0.05) is 23.8 Å². The zero-order valence-corrected chi connectivity index (χ0v) is 12.4. The van der Waals surface area contributed by atoms with Gasteiger partial charge in [-0.2, -0.15) is 0 Å². The summed E-state index contributed by atoms with van der Waals surface area (Å²) in [5.74, 6) is -0.353. The number of hydrogen-bond donors (Lipinski definition) is 2. The first kappa shape index (κ1) is 13.8. The quantitative estimate of drug-likeness (QED) is 0.757. The second kappa shape index (κ2) is 6.01. The van der Waals surface area contributed by atoms with Crippen molar-refractivity contribution in [3.8, 4) is 0 Å². The van der Waals surface area contributed by atoms with Gasteiger partial charge in [0.2, 0.25) is 0 Å². The van der Waals surface area contributed by atoms with Crippen LogP contribution in [0.3, 0.4) is 0 Å². The number of urea groups is 1. The highest BCUT2D eigenvalue weighted by atomic mass is 127. The molecule has 2 amide bonds. The second-order valence-electron chi connectivity index (χ2n) is 4.05. The third-order valence-electron chi connectivity index (χ3n) is 2.51. The molecule has 0 heterocycles. The third-order valence-corrected chi connectivity index (χ3v) is 3.61. The topological polar surface area (TPSA) is 41.1 Å². The molecule has 0 aromatic heterocycles. The maximum atomic E-state index is 13.3. The minimum Gasteiger partial charge on any atom is -0.308 e. The lowest BCUT2D eigenvalue weighted by Gasteiger charge is -2.09. The molecular formula is C14H12FIN2O. The minimum absolute atomic E-state index is 0.353. The van der Waals surface area contributed by atoms with E-state index in [4.69, 9.17) is 0 Å². The molecule has 0 radical (unpaired) electrons. The van der Waals surface area contributed by atoms with Crippen LogP contribution >= 0.6 is 22.6 Å². The molecule has 0 fully saturated rings. The molecule has 0 saturated heterocycles. The molecule has 0 atom stereocenters. The Hall–Kier alpha value is -1.63. The summed E-state index contributed by atoms with van der Waals surface area (Å²) in [6, 6.07) is 11.6. The van der Waals surface area contributed by atoms with Crippen LogP contribution in [-0.2, 0) is 0 Å². The third kappa shape index (κ3) is 3.66. The monoisotopic (exact) mass is 370 g/mol. The zero-order valence-electron chi connectivity index (χ0n) is 10.2. The number of aryl methyl sites for hydroxylation is 1. The first-order chi connectivity index (χ1) is 9.06. The van der Waals surface area contributed by atoms with Gasteiger partial charge in [0.05, 0.1) is 9.26 Å². The van der Waals surface area contributed by atoms with Gasteiger partial charge in [0, 0.05) is 5.69 Å². The summed E-state index contributed by atoms with van der Waals surface area (Å²) < 4.78 is 13.7. The van der Waals surface area contributed by atoms with E-state index in [0.717, 1.165) is 5.56 Å². The van der Waals surface area contributed by atoms with E-state index >= 15 is 0 Å². The Labute approximate surface area is 124 Å². The average Bonchev–Trinajstić information content (AvgIpc) is 2.38. The SMILES string of the molecule is Cc1ccc(NC(=O)Nc2cccc(F)c2I)cc1. The number of carbonyl (C=O) groups is 1. The van der Waals surface area contributed by atoms with Crippen LogP contribution in [0, 0.1) is 16.3 Å². The summed E-state index contributed by atoms with van der Waals surface area (Å²) in [7, 11) is 0. The normalized spacial score (nSPS) is 10.1. The molecule has 0 aliphatic heterocycles. The van der Waals surface area contributed by atoms with Crippen LogP contribution in [0.2, 0.25) is 0 Å². The van der Waals surface area contributed by atoms with Crippen LogP contribution in [0.1, 0.15) is 5.56 Å². The molecule has 3 nitrogen and oxygen atoms in total. The van der Waals surface area contributed by atoms with Gasteiger partial charge < -0.3 is 10.6 Å². The van der Waals surface area contributed by atoms with Crippen molar-refractivity contribution in [3.63, 3.8) is 0 Å². The molecule has 2 N–H and O–H groups in total. The summed E-state index contributed by atoms with van der Waals surface area (Å²) in [5, 5.41) is 5.31. The highest BCUT2D eigenvalue weighted by Gasteiger charge is 2.08. The Bertz CT molecular complexity index is 599. The Morgan fingerprint density at radius 1 is 1.11 bits per heavy atom. The van der Waals surface area contributed by atoms with Crippen LogP contribution in [0.5, 0.6) is 0 Å². The lowest BCUT2D eigenvalue weighted by molar-refractivity contribution is 0.262. The summed E-state index contributed by atoms with van der Waals surface area (Å²) in [6.45, 7) is 1.97. The Kier molecular flexibility index (Phi) is 4.36. The van der Waals surface area contributed by atoms with Crippen molar-refractivity contribution in [3.05, 3.63) is 57.4 Å². The molecule has 0 bridgehead atoms. The van der Waals surface area contributed by atoms with Crippen molar-refractivity contribution in [1.29, 1.82) is 0 Å². The van der Waals surface area contributed by atoms with Crippen molar-refractivity contribution in [2.75, 3.05) is 10.6 Å². The minimum atomic E-state index is -0.396. The number of rotatable bonds is 2. The van der Waals surface area contributed by atoms with E-state index in [-0.39, 0.29) is 5.82 Å². The summed E-state index contributed by atoms with van der Waals surface area (Å²) >= 11 is 1.86. The Morgan fingerprint density at radius 2 is 1.79 bits per heavy atom. The highest BCUT2D eigenvalue weighted by Crippen LogP contribution is 2.21. The smallest absolute Gasteiger partial charge is 0.308 e. The second-order valence-corrected chi connectivity index (χ2v) is 5.13. The first-order valence-electron chi connectivity index (χ1n) is 5.65. The molecule has 2 aromatic rings. The Morgan fingerprint density at radius 3 is 2.47 bits per heavy atom. The van der Waals surface area contributed by atoms with Gasteiger partial charge in [0.25, 0.3) is 0 Å². The van der Waals surface area contributed by atoms with Crippen LogP contribution in [0.15, 0.2) is 42.5 Å². The lowest BCUT2D eigenvalue weighted by atomic mass is 10.2. The van der Waals surface area contributed by atoms with Gasteiger partial charge in [-0.15, -0.1) is 0 Å². The summed E-state index contributed by atoms with van der Waals surface area (Å²) in [4.78, 5) is 11.8. The van der Waals surface area contributed by atoms with E-state index in [1.54, 1.807) is 12.1 Å². The van der Waals surface area contributed by atoms with E-state index in [1.807, 2.05) is 53.8 Å². The number of hydrogen-bond acceptors (Lipinski definition) is 1. The van der Waals surface area contributed by atoms with Crippen molar-refractivity contribution in [2.45, 2.75) is 6.92 Å². The van der Waals surface area contributed by atoms with Crippen molar-refractivity contribution in [1.82, 2.24) is 0 Å². The number of halogens is 2. The molecule has 5 heteroatoms. The lowest BCUT2D eigenvalue weighted by Crippen LogP contribution is -2.20. The number of benzene rings is 2. The van der Waals surface area contributed by atoms with E-state index in [9.17, 15) is 9.18 Å². The van der Waals surface area contributed by atoms with Gasteiger partial charge >= 0.3 is 6.03 Å². The van der Waals surface area contributed by atoms with Gasteiger partial charge in [-0.25, -0.2) is 9.18 Å². The number of anilines is 2. The molecule has 0 aliphatic rings. The summed E-state index contributed by atoms with van der Waals surface area (Å²) in [5.41, 5.74) is 2.25. The van der Waals surface area contributed by atoms with Crippen LogP contribution in [0.25, 0.3) is 0 Å². The highest BCUT2D eigenvalue weighted by molar-refractivity contribution is 14.1. The fourth-order valence-corrected chi connectivity index (χ4v) is 2.02. The largest absolute Gasteiger partial charge is 0.323 e. The predicted molar refractivity (Wildman–Crippen MR) is 82.9 cm³/mol. The standard InChI is InChI=1S/C14H12FIN2O/c1-9-5-7-10(8-6-9)17-14(19)18-12-4-2-3-11(15)13(12)16/h2-8H,1H3,(H2,17,18,19). The first-order valence-corrected chi connectivity index (χ1v) is 6.73. The van der Waals surface area contributed by atoms with Crippen LogP contribution in [0.4, 0.5) is 20.6 Å². The number of nitrogens with one attached hydrogen (secondary N) is 2. The van der Waals surface area contributed by atoms with E-state index in [0.29, 0.717) is 14.9 Å². The molecule has 98 valence electrons. The fraction of sp³-hybridized carbons (Fsp3) is 0.0714. The summed E-state index contributed by atoms with van der Waals surface area (Å²) in [6.07, 6.45) is 0. The molecule has 0 unspecified atom stereocenters. The molecule has 2 rings (SSSR count). The number of amides is 2. The fourth-order valence-electron chi connectivity index (χ4n) is 1.52. The van der Waals surface area contributed by atoms with Crippen LogP contribution in [-0.4, -0.2) is 6.03 Å². The van der Waals surface area contributed by atoms with Crippen molar-refractivity contribution < 1.29 is 9.18 Å². The molecular weight excluding hydrogens is 358 g/mol. The van der Waals surface area contributed by atoms with Crippen molar-refractivity contribution >= 4 is 40.0 Å². The van der Waals surface area contributed by atoms with Gasteiger partial charge in [0.1, 0.15) is 5.82 Å². The molecule has 0 aliphatic carbocycles. The van der Waals surface area contributed by atoms with Gasteiger partial charge in [0.15, 0.2) is 0 Å². The predicted octanol–water partition coefficient (Wildman–Crippen LogP) is 4.38. The maximum Gasteiger partial charge on any atom is 0.323 e. The Balaban J connectivity index is 2.05. The molecule has 0 saturated carbocycles. The average molecular weight is 370 g/mol. The van der Waals surface area contributed by atoms with E-state index in [1.165, 1.54) is 6.07 Å². The van der Waals surface area contributed by atoms with Gasteiger partial charge in [-0.05, 0) is 53.8 Å². The van der Waals surface area contributed by atoms with E-state index < -0.39 is 6.03 Å².